The number of pyridine rings is 1. The fourth-order valence-corrected chi connectivity index (χ4v) is 4.26. The molecule has 0 bridgehead atoms. The minimum absolute atomic E-state index is 0. The Morgan fingerprint density at radius 3 is 2.48 bits per heavy atom. The van der Waals surface area contributed by atoms with E-state index in [1.165, 1.54) is 46.0 Å². The third kappa shape index (κ3) is 4.11. The molecule has 1 saturated heterocycles. The molecule has 0 amide bonds. The van der Waals surface area contributed by atoms with Gasteiger partial charge in [-0.2, -0.15) is 5.10 Å². The Morgan fingerprint density at radius 1 is 0.931 bits per heavy atom. The summed E-state index contributed by atoms with van der Waals surface area (Å²) in [6, 6.07) is 15.5. The number of benzene rings is 2. The molecule has 0 unspecified atom stereocenters. The molecule has 0 spiro atoms. The molecule has 4 aromatic rings. The first-order valence-corrected chi connectivity index (χ1v) is 9.73. The minimum atomic E-state index is 0. The number of hydrogen-bond donors (Lipinski definition) is 1. The van der Waals surface area contributed by atoms with Gasteiger partial charge in [0.1, 0.15) is 0 Å². The van der Waals surface area contributed by atoms with E-state index in [4.69, 9.17) is 4.98 Å². The van der Waals surface area contributed by atoms with Crippen molar-refractivity contribution in [2.45, 2.75) is 25.7 Å². The topological polar surface area (TPSA) is 42.7 Å². The Balaban J connectivity index is 0.00000120. The summed E-state index contributed by atoms with van der Waals surface area (Å²) in [5.41, 5.74) is 7.08. The van der Waals surface area contributed by atoms with Gasteiger partial charge in [-0.1, -0.05) is 12.1 Å². The lowest BCUT2D eigenvalue weighted by atomic mass is 9.93. The van der Waals surface area contributed by atoms with Gasteiger partial charge in [0.05, 0.1) is 11.0 Å². The molecule has 0 saturated carbocycles. The molecule has 6 heteroatoms. The third-order valence-electron chi connectivity index (χ3n) is 5.72. The van der Waals surface area contributed by atoms with Crippen molar-refractivity contribution in [3.05, 3.63) is 59.9 Å². The zero-order chi connectivity index (χ0) is 18.4. The largest absolute Gasteiger partial charge is 0.317 e. The first-order valence-electron chi connectivity index (χ1n) is 9.73. The molecule has 2 aromatic heterocycles. The molecule has 0 atom stereocenters. The zero-order valence-electron chi connectivity index (χ0n) is 16.7. The zero-order valence-corrected chi connectivity index (χ0v) is 18.3. The van der Waals surface area contributed by atoms with Crippen LogP contribution in [0.15, 0.2) is 48.7 Å². The molecule has 2 aromatic carbocycles. The number of aromatic nitrogens is 3. The molecule has 29 heavy (non-hydrogen) atoms. The predicted molar refractivity (Wildman–Crippen MR) is 126 cm³/mol. The fourth-order valence-electron chi connectivity index (χ4n) is 4.26. The number of piperidine rings is 1. The van der Waals surface area contributed by atoms with E-state index in [0.29, 0.717) is 5.92 Å². The van der Waals surface area contributed by atoms with Crippen LogP contribution in [0, 0.1) is 6.92 Å². The number of fused-ring (bicyclic) bond motifs is 2. The van der Waals surface area contributed by atoms with Gasteiger partial charge < -0.3 is 5.32 Å². The molecule has 4 nitrogen and oxygen atoms in total. The van der Waals surface area contributed by atoms with Crippen molar-refractivity contribution in [3.63, 3.8) is 0 Å². The van der Waals surface area contributed by atoms with E-state index in [-0.39, 0.29) is 24.8 Å². The van der Waals surface area contributed by atoms with Gasteiger partial charge in [-0.25, -0.2) is 0 Å². The minimum Gasteiger partial charge on any atom is -0.317 e. The lowest BCUT2D eigenvalue weighted by Gasteiger charge is -2.22. The van der Waals surface area contributed by atoms with Crippen LogP contribution in [-0.2, 0) is 7.05 Å². The molecule has 0 radical (unpaired) electrons. The van der Waals surface area contributed by atoms with E-state index in [1.807, 2.05) is 11.7 Å². The van der Waals surface area contributed by atoms with E-state index in [9.17, 15) is 0 Å². The van der Waals surface area contributed by atoms with Crippen LogP contribution in [0.1, 0.15) is 30.0 Å². The lowest BCUT2D eigenvalue weighted by Crippen LogP contribution is -2.27. The molecule has 1 N–H and O–H groups in total. The second kappa shape index (κ2) is 8.70. The van der Waals surface area contributed by atoms with Gasteiger partial charge >= 0.3 is 0 Å². The van der Waals surface area contributed by atoms with Gasteiger partial charge in [0.2, 0.25) is 0 Å². The average molecular weight is 429 g/mol. The molecule has 3 heterocycles. The van der Waals surface area contributed by atoms with Crippen LogP contribution in [-0.4, -0.2) is 27.9 Å². The smallest absolute Gasteiger partial charge is 0.0952 e. The summed E-state index contributed by atoms with van der Waals surface area (Å²) in [5, 5.41) is 10.4. The van der Waals surface area contributed by atoms with E-state index in [1.54, 1.807) is 0 Å². The average Bonchev–Trinajstić information content (AvgIpc) is 3.09. The Hall–Kier alpha value is -2.14. The van der Waals surface area contributed by atoms with Crippen LogP contribution < -0.4 is 5.32 Å². The summed E-state index contributed by atoms with van der Waals surface area (Å²) in [6.45, 7) is 4.33. The van der Waals surface area contributed by atoms with Crippen molar-refractivity contribution in [2.24, 2.45) is 7.05 Å². The van der Waals surface area contributed by atoms with Crippen LogP contribution in [0.2, 0.25) is 0 Å². The maximum absolute atomic E-state index is 4.96. The molecular formula is C23H26Cl2N4. The lowest BCUT2D eigenvalue weighted by molar-refractivity contribution is 0.454. The van der Waals surface area contributed by atoms with Gasteiger partial charge in [-0.05, 0) is 79.9 Å². The van der Waals surface area contributed by atoms with Crippen molar-refractivity contribution in [1.29, 1.82) is 0 Å². The quantitative estimate of drug-likeness (QED) is 0.464. The summed E-state index contributed by atoms with van der Waals surface area (Å²) in [4.78, 5) is 4.96. The van der Waals surface area contributed by atoms with Gasteiger partial charge in [-0.15, -0.1) is 24.8 Å². The molecule has 0 aliphatic carbocycles. The van der Waals surface area contributed by atoms with Crippen molar-refractivity contribution < 1.29 is 0 Å². The van der Waals surface area contributed by atoms with Crippen LogP contribution in [0.3, 0.4) is 0 Å². The summed E-state index contributed by atoms with van der Waals surface area (Å²) in [7, 11) is 1.97. The standard InChI is InChI=1S/C23H24N4.2ClH/c1-15-11-19(13-20-14-27(2)26-23(15)20)17-3-5-22-18(12-17)4-6-21(25-22)16-7-9-24-10-8-16;;/h3-6,11-14,16,24H,7-10H2,1-2H3;2*1H. The highest BCUT2D eigenvalue weighted by Crippen LogP contribution is 2.30. The molecule has 152 valence electrons. The van der Waals surface area contributed by atoms with Crippen LogP contribution in [0.5, 0.6) is 0 Å². The van der Waals surface area contributed by atoms with Gasteiger partial charge in [0.25, 0.3) is 0 Å². The van der Waals surface area contributed by atoms with Crippen molar-refractivity contribution in [2.75, 3.05) is 13.1 Å². The SMILES string of the molecule is Cc1cc(-c2ccc3nc(C4CCNCC4)ccc3c2)cc2cn(C)nc12.Cl.Cl. The number of nitrogens with zero attached hydrogens (tertiary/aromatic N) is 3. The Kier molecular flexibility index (Phi) is 6.47. The van der Waals surface area contributed by atoms with Gasteiger partial charge in [0.15, 0.2) is 0 Å². The maximum Gasteiger partial charge on any atom is 0.0952 e. The number of halogens is 2. The van der Waals surface area contributed by atoms with E-state index in [2.05, 4.69) is 66.0 Å². The van der Waals surface area contributed by atoms with E-state index in [0.717, 1.165) is 24.1 Å². The predicted octanol–water partition coefficient (Wildman–Crippen LogP) is 5.41. The molecule has 1 aliphatic heterocycles. The summed E-state index contributed by atoms with van der Waals surface area (Å²) < 4.78 is 1.88. The van der Waals surface area contributed by atoms with Crippen LogP contribution in [0.25, 0.3) is 32.9 Å². The van der Waals surface area contributed by atoms with Gasteiger partial charge in [0, 0.05) is 35.6 Å². The number of hydrogen-bond acceptors (Lipinski definition) is 3. The van der Waals surface area contributed by atoms with Crippen molar-refractivity contribution in [3.8, 4) is 11.1 Å². The molecule has 1 fully saturated rings. The van der Waals surface area contributed by atoms with Crippen molar-refractivity contribution in [1.82, 2.24) is 20.1 Å². The maximum atomic E-state index is 4.96. The number of nitrogens with one attached hydrogen (secondary N) is 1. The van der Waals surface area contributed by atoms with Crippen molar-refractivity contribution >= 4 is 46.6 Å². The second-order valence-electron chi connectivity index (χ2n) is 7.70. The first-order chi connectivity index (χ1) is 13.2. The summed E-state index contributed by atoms with van der Waals surface area (Å²) in [6.07, 6.45) is 4.45. The highest BCUT2D eigenvalue weighted by Gasteiger charge is 2.16. The number of aryl methyl sites for hydroxylation is 2. The highest BCUT2D eigenvalue weighted by molar-refractivity contribution is 5.90. The third-order valence-corrected chi connectivity index (χ3v) is 5.72. The monoisotopic (exact) mass is 428 g/mol. The first kappa shape index (κ1) is 21.6. The second-order valence-corrected chi connectivity index (χ2v) is 7.70. The normalized spacial score (nSPS) is 14.6. The van der Waals surface area contributed by atoms with Crippen LogP contribution in [0.4, 0.5) is 0 Å². The number of rotatable bonds is 2. The molecule has 5 rings (SSSR count). The Morgan fingerprint density at radius 2 is 1.69 bits per heavy atom. The summed E-state index contributed by atoms with van der Waals surface area (Å²) >= 11 is 0. The fraction of sp³-hybridized carbons (Fsp3) is 0.304. The van der Waals surface area contributed by atoms with Crippen LogP contribution >= 0.6 is 24.8 Å². The van der Waals surface area contributed by atoms with E-state index >= 15 is 0 Å². The highest BCUT2D eigenvalue weighted by atomic mass is 35.5. The molecule has 1 aliphatic rings. The Bertz CT molecular complexity index is 1150. The van der Waals surface area contributed by atoms with E-state index < -0.39 is 0 Å². The summed E-state index contributed by atoms with van der Waals surface area (Å²) in [5.74, 6) is 0.589. The molecular weight excluding hydrogens is 403 g/mol. The Labute approximate surface area is 183 Å². The van der Waals surface area contributed by atoms with Gasteiger partial charge in [-0.3, -0.25) is 9.67 Å².